The second-order valence-electron chi connectivity index (χ2n) is 3.48. The molecule has 0 saturated carbocycles. The number of aliphatic carboxylic acids is 1. The van der Waals surface area contributed by atoms with E-state index in [1.807, 2.05) is 0 Å². The Hall–Kier alpha value is -2.65. The van der Waals surface area contributed by atoms with Crippen molar-refractivity contribution in [3.8, 4) is 0 Å². The Morgan fingerprint density at radius 2 is 2.16 bits per heavy atom. The monoisotopic (exact) mass is 272 g/mol. The fourth-order valence-electron chi connectivity index (χ4n) is 1.20. The topological polar surface area (TPSA) is 158 Å². The Bertz CT molecular complexity index is 485. The molecule has 0 radical (unpaired) electrons. The molecule has 0 aromatic carbocycles. The third-order valence-corrected chi connectivity index (χ3v) is 2.20. The number of nitrogens with one attached hydrogen (secondary N) is 1. The van der Waals surface area contributed by atoms with Crippen molar-refractivity contribution >= 4 is 23.7 Å². The largest absolute Gasteiger partial charge is 0.480 e. The van der Waals surface area contributed by atoms with E-state index in [0.29, 0.717) is 0 Å². The Morgan fingerprint density at radius 1 is 1.47 bits per heavy atom. The molecular weight excluding hydrogens is 260 g/mol. The van der Waals surface area contributed by atoms with Crippen LogP contribution in [0.3, 0.4) is 0 Å². The molecule has 104 valence electrons. The van der Waals surface area contributed by atoms with Crippen LogP contribution in [0.1, 0.15) is 23.3 Å². The Labute approximate surface area is 106 Å². The third kappa shape index (κ3) is 3.94. The van der Waals surface area contributed by atoms with Crippen LogP contribution in [0.5, 0.6) is 0 Å². The molecule has 1 aromatic rings. The standard InChI is InChI=1S/C9H12N4O6/c1-18-5(14)3-2-4(9(16)17)11-8(15)6-7(10)13-19-12-6/h4H,2-3H2,1H3,(H2,10,13)(H,11,15)(H,16,17)/t4-/m1/s1. The maximum atomic E-state index is 11.6. The maximum Gasteiger partial charge on any atom is 0.326 e. The highest BCUT2D eigenvalue weighted by Gasteiger charge is 2.25. The number of carbonyl (C=O) groups is 3. The first-order chi connectivity index (χ1) is 8.95. The average Bonchev–Trinajstić information content (AvgIpc) is 2.79. The summed E-state index contributed by atoms with van der Waals surface area (Å²) in [7, 11) is 1.18. The lowest BCUT2D eigenvalue weighted by Gasteiger charge is -2.12. The number of carboxylic acids is 1. The van der Waals surface area contributed by atoms with Crippen LogP contribution in [0.2, 0.25) is 0 Å². The van der Waals surface area contributed by atoms with Crippen molar-refractivity contribution in [3.05, 3.63) is 5.69 Å². The molecule has 1 rings (SSSR count). The van der Waals surface area contributed by atoms with E-state index < -0.39 is 23.9 Å². The summed E-state index contributed by atoms with van der Waals surface area (Å²) in [5.74, 6) is -2.99. The molecule has 0 spiro atoms. The van der Waals surface area contributed by atoms with E-state index in [1.54, 1.807) is 0 Å². The van der Waals surface area contributed by atoms with Gasteiger partial charge in [-0.2, -0.15) is 0 Å². The summed E-state index contributed by atoms with van der Waals surface area (Å²) < 4.78 is 8.59. The van der Waals surface area contributed by atoms with Crippen LogP contribution >= 0.6 is 0 Å². The number of amides is 1. The van der Waals surface area contributed by atoms with Crippen LogP contribution in [-0.2, 0) is 14.3 Å². The van der Waals surface area contributed by atoms with Crippen LogP contribution in [0, 0.1) is 0 Å². The van der Waals surface area contributed by atoms with Gasteiger partial charge in [-0.05, 0) is 16.7 Å². The number of hydrogen-bond acceptors (Lipinski definition) is 8. The van der Waals surface area contributed by atoms with Crippen LogP contribution in [0.4, 0.5) is 5.82 Å². The Kier molecular flexibility index (Phi) is 4.80. The number of ether oxygens (including phenoxy) is 1. The van der Waals surface area contributed by atoms with E-state index in [9.17, 15) is 14.4 Å². The van der Waals surface area contributed by atoms with E-state index in [2.05, 4.69) is 25.0 Å². The molecule has 0 aliphatic heterocycles. The number of carboxylic acid groups (broad SMARTS) is 1. The number of anilines is 1. The minimum absolute atomic E-state index is 0.126. The first-order valence-electron chi connectivity index (χ1n) is 5.14. The molecule has 1 atom stereocenters. The SMILES string of the molecule is COC(=O)CC[C@@H](NC(=O)c1nonc1N)C(=O)O. The molecule has 4 N–H and O–H groups in total. The van der Waals surface area contributed by atoms with Gasteiger partial charge >= 0.3 is 11.9 Å². The molecule has 1 amide bonds. The summed E-state index contributed by atoms with van der Waals surface area (Å²) >= 11 is 0. The zero-order chi connectivity index (χ0) is 14.4. The Morgan fingerprint density at radius 3 is 2.63 bits per heavy atom. The number of hydrogen-bond donors (Lipinski definition) is 3. The summed E-state index contributed by atoms with van der Waals surface area (Å²) in [6, 6.07) is -1.28. The molecule has 10 nitrogen and oxygen atoms in total. The van der Waals surface area contributed by atoms with Crippen LogP contribution in [-0.4, -0.2) is 46.4 Å². The highest BCUT2D eigenvalue weighted by Crippen LogP contribution is 2.06. The number of aromatic nitrogens is 2. The minimum Gasteiger partial charge on any atom is -0.480 e. The summed E-state index contributed by atoms with van der Waals surface area (Å²) in [4.78, 5) is 33.5. The molecule has 0 aliphatic carbocycles. The van der Waals surface area contributed by atoms with Crippen LogP contribution in [0.25, 0.3) is 0 Å². The van der Waals surface area contributed by atoms with E-state index in [-0.39, 0.29) is 24.4 Å². The molecule has 0 unspecified atom stereocenters. The van der Waals surface area contributed by atoms with E-state index in [1.165, 1.54) is 7.11 Å². The molecule has 0 fully saturated rings. The van der Waals surface area contributed by atoms with Gasteiger partial charge in [0.15, 0.2) is 0 Å². The van der Waals surface area contributed by atoms with Crippen molar-refractivity contribution in [2.24, 2.45) is 0 Å². The van der Waals surface area contributed by atoms with Crippen LogP contribution in [0.15, 0.2) is 4.63 Å². The van der Waals surface area contributed by atoms with E-state index >= 15 is 0 Å². The fraction of sp³-hybridized carbons (Fsp3) is 0.444. The van der Waals surface area contributed by atoms with Gasteiger partial charge in [0.25, 0.3) is 5.91 Å². The van der Waals surface area contributed by atoms with E-state index in [4.69, 9.17) is 10.8 Å². The smallest absolute Gasteiger partial charge is 0.326 e. The number of carbonyl (C=O) groups excluding carboxylic acids is 2. The van der Waals surface area contributed by atoms with Crippen molar-refractivity contribution < 1.29 is 28.9 Å². The van der Waals surface area contributed by atoms with E-state index in [0.717, 1.165) is 0 Å². The van der Waals surface area contributed by atoms with Gasteiger partial charge in [0.2, 0.25) is 11.5 Å². The normalized spacial score (nSPS) is 11.6. The number of rotatable bonds is 6. The molecule has 0 saturated heterocycles. The molecule has 19 heavy (non-hydrogen) atoms. The zero-order valence-electron chi connectivity index (χ0n) is 9.95. The summed E-state index contributed by atoms with van der Waals surface area (Å²) in [5.41, 5.74) is 4.97. The quantitative estimate of drug-likeness (QED) is 0.540. The highest BCUT2D eigenvalue weighted by atomic mass is 16.6. The summed E-state index contributed by atoms with van der Waals surface area (Å²) in [6.07, 6.45) is -0.279. The minimum atomic E-state index is -1.30. The lowest BCUT2D eigenvalue weighted by molar-refractivity contribution is -0.142. The number of esters is 1. The van der Waals surface area contributed by atoms with Crippen molar-refractivity contribution in [2.45, 2.75) is 18.9 Å². The number of nitrogen functional groups attached to an aromatic ring is 1. The molecule has 1 heterocycles. The average molecular weight is 272 g/mol. The second kappa shape index (κ2) is 6.33. The summed E-state index contributed by atoms with van der Waals surface area (Å²) in [5, 5.41) is 17.5. The van der Waals surface area contributed by atoms with Gasteiger partial charge in [-0.3, -0.25) is 9.59 Å². The van der Waals surface area contributed by atoms with Crippen molar-refractivity contribution in [1.29, 1.82) is 0 Å². The molecular formula is C9H12N4O6. The predicted octanol–water partition coefficient (Wildman–Crippen LogP) is -1.21. The molecule has 10 heteroatoms. The third-order valence-electron chi connectivity index (χ3n) is 2.20. The fourth-order valence-corrected chi connectivity index (χ4v) is 1.20. The van der Waals surface area contributed by atoms with Gasteiger partial charge in [0, 0.05) is 6.42 Å². The lowest BCUT2D eigenvalue weighted by atomic mass is 10.1. The van der Waals surface area contributed by atoms with Crippen LogP contribution < -0.4 is 11.1 Å². The molecule has 1 aromatic heterocycles. The first kappa shape index (κ1) is 14.4. The lowest BCUT2D eigenvalue weighted by Crippen LogP contribution is -2.41. The van der Waals surface area contributed by atoms with Gasteiger partial charge in [-0.25, -0.2) is 9.42 Å². The van der Waals surface area contributed by atoms with Gasteiger partial charge in [-0.15, -0.1) is 0 Å². The summed E-state index contributed by atoms with van der Waals surface area (Å²) in [6.45, 7) is 0. The number of nitrogens with two attached hydrogens (primary N) is 1. The van der Waals surface area contributed by atoms with Crippen molar-refractivity contribution in [2.75, 3.05) is 12.8 Å². The van der Waals surface area contributed by atoms with Gasteiger partial charge in [0.1, 0.15) is 6.04 Å². The number of methoxy groups -OCH3 is 1. The van der Waals surface area contributed by atoms with Gasteiger partial charge in [-0.1, -0.05) is 0 Å². The van der Waals surface area contributed by atoms with Crippen molar-refractivity contribution in [3.63, 3.8) is 0 Å². The first-order valence-corrected chi connectivity index (χ1v) is 5.14. The molecule has 0 aliphatic rings. The number of nitrogens with zero attached hydrogens (tertiary/aromatic N) is 2. The zero-order valence-corrected chi connectivity index (χ0v) is 9.95. The highest BCUT2D eigenvalue weighted by molar-refractivity contribution is 5.98. The van der Waals surface area contributed by atoms with Crippen molar-refractivity contribution in [1.82, 2.24) is 15.6 Å². The second-order valence-corrected chi connectivity index (χ2v) is 3.48. The maximum absolute atomic E-state index is 11.6. The Balaban J connectivity index is 2.64. The predicted molar refractivity (Wildman–Crippen MR) is 58.9 cm³/mol. The van der Waals surface area contributed by atoms with Gasteiger partial charge < -0.3 is 20.9 Å². The van der Waals surface area contributed by atoms with Gasteiger partial charge in [0.05, 0.1) is 7.11 Å². The molecule has 0 bridgehead atoms.